The second-order valence-electron chi connectivity index (χ2n) is 7.32. The Balaban J connectivity index is 1.85. The van der Waals surface area contributed by atoms with Crippen LogP contribution in [0.4, 0.5) is 0 Å². The van der Waals surface area contributed by atoms with E-state index in [0.717, 1.165) is 21.4 Å². The molecule has 0 spiro atoms. The van der Waals surface area contributed by atoms with E-state index in [1.165, 1.54) is 11.3 Å². The number of benzene rings is 2. The van der Waals surface area contributed by atoms with Crippen molar-refractivity contribution in [3.05, 3.63) is 59.0 Å². The summed E-state index contributed by atoms with van der Waals surface area (Å²) in [4.78, 5) is 15.0. The monoisotopic (exact) mass is 413 g/mol. The summed E-state index contributed by atoms with van der Waals surface area (Å²) in [6.07, 6.45) is 0.0462. The molecule has 0 aliphatic carbocycles. The maximum atomic E-state index is 12.4. The zero-order valence-electron chi connectivity index (χ0n) is 17.3. The molecule has 0 fully saturated rings. The molecule has 0 atom stereocenters. The van der Waals surface area contributed by atoms with Crippen LogP contribution in [0.1, 0.15) is 29.1 Å². The SMILES string of the molecule is CC(C)Oc1cc(OCc2ccccc2)c2cc(C(=O)OCCN(C)C)sc2c1. The summed E-state index contributed by atoms with van der Waals surface area (Å²) in [5.74, 6) is 1.11. The first-order chi connectivity index (χ1) is 13.9. The minimum atomic E-state index is -0.312. The topological polar surface area (TPSA) is 48.0 Å². The minimum Gasteiger partial charge on any atom is -0.491 e. The number of rotatable bonds is 9. The summed E-state index contributed by atoms with van der Waals surface area (Å²) in [5, 5.41) is 0.890. The highest BCUT2D eigenvalue weighted by atomic mass is 32.1. The Morgan fingerprint density at radius 3 is 2.55 bits per heavy atom. The highest BCUT2D eigenvalue weighted by Crippen LogP contribution is 2.38. The van der Waals surface area contributed by atoms with Crippen LogP contribution in [0.25, 0.3) is 10.1 Å². The van der Waals surface area contributed by atoms with Crippen LogP contribution in [-0.2, 0) is 11.3 Å². The number of esters is 1. The summed E-state index contributed by atoms with van der Waals surface area (Å²) in [6, 6.07) is 15.7. The molecule has 29 heavy (non-hydrogen) atoms. The van der Waals surface area contributed by atoms with Gasteiger partial charge in [0.15, 0.2) is 0 Å². The van der Waals surface area contributed by atoms with Gasteiger partial charge in [-0.25, -0.2) is 4.79 Å². The summed E-state index contributed by atoms with van der Waals surface area (Å²) in [5.41, 5.74) is 1.08. The molecule has 0 aliphatic rings. The molecule has 0 bridgehead atoms. The second-order valence-corrected chi connectivity index (χ2v) is 8.41. The van der Waals surface area contributed by atoms with Crippen molar-refractivity contribution in [2.45, 2.75) is 26.6 Å². The molecule has 0 radical (unpaired) electrons. The van der Waals surface area contributed by atoms with E-state index in [1.54, 1.807) is 0 Å². The van der Waals surface area contributed by atoms with Crippen molar-refractivity contribution in [3.8, 4) is 11.5 Å². The number of fused-ring (bicyclic) bond motifs is 1. The van der Waals surface area contributed by atoms with E-state index in [2.05, 4.69) is 0 Å². The number of hydrogen-bond donors (Lipinski definition) is 0. The van der Waals surface area contributed by atoms with Crippen molar-refractivity contribution in [2.75, 3.05) is 27.2 Å². The van der Waals surface area contributed by atoms with Crippen LogP contribution >= 0.6 is 11.3 Å². The van der Waals surface area contributed by atoms with Crippen molar-refractivity contribution in [2.24, 2.45) is 0 Å². The van der Waals surface area contributed by atoms with Gasteiger partial charge in [0.1, 0.15) is 29.6 Å². The van der Waals surface area contributed by atoms with Gasteiger partial charge in [-0.15, -0.1) is 11.3 Å². The Hall–Kier alpha value is -2.57. The molecule has 0 unspecified atom stereocenters. The molecular formula is C23H27NO4S. The fraction of sp³-hybridized carbons (Fsp3) is 0.348. The molecule has 1 aromatic heterocycles. The maximum absolute atomic E-state index is 12.4. The standard InChI is InChI=1S/C23H27NO4S/c1-16(2)28-18-12-20(27-15-17-8-6-5-7-9-17)19-14-22(29-21(19)13-18)23(25)26-11-10-24(3)4/h5-9,12-14,16H,10-11,15H2,1-4H3. The Labute approximate surface area is 175 Å². The molecule has 0 saturated heterocycles. The Bertz CT molecular complexity index is 950. The zero-order valence-corrected chi connectivity index (χ0v) is 18.1. The number of ether oxygens (including phenoxy) is 3. The zero-order chi connectivity index (χ0) is 20.8. The second kappa shape index (κ2) is 9.76. The van der Waals surface area contributed by atoms with Gasteiger partial charge in [0.05, 0.1) is 6.10 Å². The van der Waals surface area contributed by atoms with Crippen LogP contribution in [0, 0.1) is 0 Å². The molecule has 0 aliphatic heterocycles. The third-order valence-electron chi connectivity index (χ3n) is 4.15. The molecule has 0 saturated carbocycles. The minimum absolute atomic E-state index is 0.0462. The molecular weight excluding hydrogens is 386 g/mol. The molecule has 5 nitrogen and oxygen atoms in total. The van der Waals surface area contributed by atoms with E-state index in [9.17, 15) is 4.79 Å². The van der Waals surface area contributed by atoms with Gasteiger partial charge in [0, 0.05) is 22.7 Å². The summed E-state index contributed by atoms with van der Waals surface area (Å²) in [6.45, 7) is 5.46. The fourth-order valence-electron chi connectivity index (χ4n) is 2.77. The van der Waals surface area contributed by atoms with E-state index in [1.807, 2.05) is 81.4 Å². The molecule has 0 N–H and O–H groups in total. The van der Waals surface area contributed by atoms with E-state index in [0.29, 0.717) is 30.4 Å². The largest absolute Gasteiger partial charge is 0.491 e. The maximum Gasteiger partial charge on any atom is 0.348 e. The molecule has 154 valence electrons. The molecule has 6 heteroatoms. The van der Waals surface area contributed by atoms with Crippen LogP contribution in [-0.4, -0.2) is 44.2 Å². The van der Waals surface area contributed by atoms with Gasteiger partial charge in [0.25, 0.3) is 0 Å². The lowest BCUT2D eigenvalue weighted by atomic mass is 10.2. The highest BCUT2D eigenvalue weighted by molar-refractivity contribution is 7.20. The van der Waals surface area contributed by atoms with Crippen molar-refractivity contribution in [1.82, 2.24) is 4.90 Å². The van der Waals surface area contributed by atoms with Gasteiger partial charge < -0.3 is 19.1 Å². The van der Waals surface area contributed by atoms with Crippen LogP contribution in [0.3, 0.4) is 0 Å². The molecule has 0 amide bonds. The van der Waals surface area contributed by atoms with Crippen molar-refractivity contribution >= 4 is 27.4 Å². The third-order valence-corrected chi connectivity index (χ3v) is 5.22. The highest BCUT2D eigenvalue weighted by Gasteiger charge is 2.17. The Morgan fingerprint density at radius 2 is 1.86 bits per heavy atom. The van der Waals surface area contributed by atoms with Gasteiger partial charge in [-0.1, -0.05) is 30.3 Å². The Kier molecular flexibility index (Phi) is 7.12. The van der Waals surface area contributed by atoms with Crippen LogP contribution < -0.4 is 9.47 Å². The van der Waals surface area contributed by atoms with Crippen molar-refractivity contribution < 1.29 is 19.0 Å². The number of likely N-dealkylation sites (N-methyl/N-ethyl adjacent to an activating group) is 1. The first-order valence-electron chi connectivity index (χ1n) is 9.65. The third kappa shape index (κ3) is 5.95. The van der Waals surface area contributed by atoms with Crippen molar-refractivity contribution in [1.29, 1.82) is 0 Å². The van der Waals surface area contributed by atoms with Gasteiger partial charge in [-0.05, 0) is 45.6 Å². The van der Waals surface area contributed by atoms with Crippen molar-refractivity contribution in [3.63, 3.8) is 0 Å². The number of nitrogens with zero attached hydrogens (tertiary/aromatic N) is 1. The van der Waals surface area contributed by atoms with Gasteiger partial charge in [-0.3, -0.25) is 0 Å². The predicted molar refractivity (Wildman–Crippen MR) is 117 cm³/mol. The lowest BCUT2D eigenvalue weighted by Gasteiger charge is -2.13. The van der Waals surface area contributed by atoms with Crippen LogP contribution in [0.2, 0.25) is 0 Å². The lowest BCUT2D eigenvalue weighted by Crippen LogP contribution is -2.19. The average molecular weight is 414 g/mol. The number of carbonyl (C=O) groups excluding carboxylic acids is 1. The normalized spacial score (nSPS) is 11.2. The van der Waals surface area contributed by atoms with Crippen LogP contribution in [0.5, 0.6) is 11.5 Å². The van der Waals surface area contributed by atoms with E-state index in [-0.39, 0.29) is 12.1 Å². The van der Waals surface area contributed by atoms with Gasteiger partial charge in [0.2, 0.25) is 0 Å². The first kappa shape index (κ1) is 21.1. The molecule has 3 rings (SSSR count). The van der Waals surface area contributed by atoms with E-state index < -0.39 is 0 Å². The van der Waals surface area contributed by atoms with Gasteiger partial charge >= 0.3 is 5.97 Å². The van der Waals surface area contributed by atoms with Gasteiger partial charge in [-0.2, -0.15) is 0 Å². The number of hydrogen-bond acceptors (Lipinski definition) is 6. The molecule has 3 aromatic rings. The summed E-state index contributed by atoms with van der Waals surface area (Å²) >= 11 is 1.39. The van der Waals surface area contributed by atoms with Crippen LogP contribution in [0.15, 0.2) is 48.5 Å². The molecule has 2 aromatic carbocycles. The molecule has 1 heterocycles. The van der Waals surface area contributed by atoms with E-state index in [4.69, 9.17) is 14.2 Å². The number of carbonyl (C=O) groups is 1. The fourth-order valence-corrected chi connectivity index (χ4v) is 3.77. The summed E-state index contributed by atoms with van der Waals surface area (Å²) in [7, 11) is 3.89. The first-order valence-corrected chi connectivity index (χ1v) is 10.5. The Morgan fingerprint density at radius 1 is 1.10 bits per heavy atom. The smallest absolute Gasteiger partial charge is 0.348 e. The number of thiophene rings is 1. The predicted octanol–water partition coefficient (Wildman–Crippen LogP) is 4.99. The summed E-state index contributed by atoms with van der Waals surface area (Å²) < 4.78 is 18.3. The quantitative estimate of drug-likeness (QED) is 0.463. The average Bonchev–Trinajstić information content (AvgIpc) is 3.10. The lowest BCUT2D eigenvalue weighted by molar-refractivity contribution is 0.0487. The van der Waals surface area contributed by atoms with E-state index >= 15 is 0 Å².